The molecule has 2 fully saturated rings. The topological polar surface area (TPSA) is 62.0 Å². The van der Waals surface area contributed by atoms with Gasteiger partial charge in [-0.15, -0.1) is 0 Å². The Morgan fingerprint density at radius 3 is 2.96 bits per heavy atom. The molecule has 0 spiro atoms. The quantitative estimate of drug-likeness (QED) is 0.415. The van der Waals surface area contributed by atoms with Crippen LogP contribution in [-0.2, 0) is 11.2 Å². The van der Waals surface area contributed by atoms with Crippen LogP contribution in [-0.4, -0.2) is 62.8 Å². The molecule has 0 radical (unpaired) electrons. The summed E-state index contributed by atoms with van der Waals surface area (Å²) in [5.74, 6) is 2.78. The van der Waals surface area contributed by atoms with Crippen molar-refractivity contribution in [2.24, 2.45) is 10.9 Å². The molecule has 1 aliphatic carbocycles. The summed E-state index contributed by atoms with van der Waals surface area (Å²) in [4.78, 5) is 7.32. The molecular formula is C21H36N4O2. The van der Waals surface area contributed by atoms with Crippen LogP contribution in [0.3, 0.4) is 0 Å². The molecule has 6 nitrogen and oxygen atoms in total. The first kappa shape index (κ1) is 20.2. The van der Waals surface area contributed by atoms with Crippen molar-refractivity contribution in [2.45, 2.75) is 51.5 Å². The highest BCUT2D eigenvalue weighted by Crippen LogP contribution is 2.23. The minimum absolute atomic E-state index is 0.544. The van der Waals surface area contributed by atoms with E-state index < -0.39 is 0 Å². The van der Waals surface area contributed by atoms with Gasteiger partial charge in [0.15, 0.2) is 5.96 Å². The molecule has 0 aromatic carbocycles. The maximum atomic E-state index is 5.43. The average molecular weight is 377 g/mol. The fraction of sp³-hybridized carbons (Fsp3) is 0.762. The molecule has 1 aliphatic heterocycles. The molecular weight excluding hydrogens is 340 g/mol. The highest BCUT2D eigenvalue weighted by molar-refractivity contribution is 5.80. The van der Waals surface area contributed by atoms with Gasteiger partial charge in [0.05, 0.1) is 19.5 Å². The lowest BCUT2D eigenvalue weighted by atomic mass is 9.87. The number of hydrogen-bond acceptors (Lipinski definition) is 4. The Bertz CT molecular complexity index is 540. The number of nitrogens with zero attached hydrogens (tertiary/aromatic N) is 2. The summed E-state index contributed by atoms with van der Waals surface area (Å²) in [7, 11) is 0. The highest BCUT2D eigenvalue weighted by atomic mass is 16.5. The Balaban J connectivity index is 1.44. The van der Waals surface area contributed by atoms with Crippen molar-refractivity contribution < 1.29 is 9.15 Å². The lowest BCUT2D eigenvalue weighted by Crippen LogP contribution is -2.45. The third-order valence-electron chi connectivity index (χ3n) is 5.53. The summed E-state index contributed by atoms with van der Waals surface area (Å²) in [6, 6.07) is 4.51. The van der Waals surface area contributed by atoms with Gasteiger partial charge in [-0.05, 0) is 37.3 Å². The molecule has 1 aromatic heterocycles. The predicted octanol–water partition coefficient (Wildman–Crippen LogP) is 2.66. The SMILES string of the molecule is CC1CCCC(NC(=NCCCN2CCOCC2)NCCc2ccco2)C1. The van der Waals surface area contributed by atoms with E-state index in [1.165, 1.54) is 25.7 Å². The summed E-state index contributed by atoms with van der Waals surface area (Å²) in [6.45, 7) is 8.99. The first-order valence-corrected chi connectivity index (χ1v) is 10.7. The van der Waals surface area contributed by atoms with Crippen LogP contribution in [0.5, 0.6) is 0 Å². The number of furan rings is 1. The molecule has 1 saturated heterocycles. The van der Waals surface area contributed by atoms with Gasteiger partial charge in [0.25, 0.3) is 0 Å². The van der Waals surface area contributed by atoms with Crippen LogP contribution in [0.2, 0.25) is 0 Å². The van der Waals surface area contributed by atoms with Gasteiger partial charge >= 0.3 is 0 Å². The lowest BCUT2D eigenvalue weighted by Gasteiger charge is -2.29. The van der Waals surface area contributed by atoms with E-state index in [-0.39, 0.29) is 0 Å². The second kappa shape index (κ2) is 11.3. The average Bonchev–Trinajstić information content (AvgIpc) is 3.19. The van der Waals surface area contributed by atoms with Crippen molar-refractivity contribution in [1.82, 2.24) is 15.5 Å². The molecule has 2 atom stereocenters. The van der Waals surface area contributed by atoms with Crippen molar-refractivity contribution in [2.75, 3.05) is 45.9 Å². The molecule has 152 valence electrons. The maximum Gasteiger partial charge on any atom is 0.191 e. The first-order chi connectivity index (χ1) is 13.3. The Kier molecular flexibility index (Phi) is 8.49. The number of morpholine rings is 1. The fourth-order valence-electron chi connectivity index (χ4n) is 3.98. The van der Waals surface area contributed by atoms with E-state index in [0.29, 0.717) is 6.04 Å². The van der Waals surface area contributed by atoms with Gasteiger partial charge in [-0.25, -0.2) is 0 Å². The minimum Gasteiger partial charge on any atom is -0.469 e. The number of aliphatic imine (C=N–C) groups is 1. The zero-order valence-electron chi connectivity index (χ0n) is 16.8. The third kappa shape index (κ3) is 7.54. The van der Waals surface area contributed by atoms with Crippen LogP contribution in [0.4, 0.5) is 0 Å². The molecule has 2 aliphatic rings. The Morgan fingerprint density at radius 2 is 2.19 bits per heavy atom. The summed E-state index contributed by atoms with van der Waals surface area (Å²) >= 11 is 0. The minimum atomic E-state index is 0.544. The Morgan fingerprint density at radius 1 is 1.30 bits per heavy atom. The highest BCUT2D eigenvalue weighted by Gasteiger charge is 2.19. The van der Waals surface area contributed by atoms with Crippen molar-refractivity contribution in [1.29, 1.82) is 0 Å². The van der Waals surface area contributed by atoms with Crippen LogP contribution in [0.25, 0.3) is 0 Å². The number of ether oxygens (including phenoxy) is 1. The van der Waals surface area contributed by atoms with E-state index >= 15 is 0 Å². The second-order valence-electron chi connectivity index (χ2n) is 7.91. The van der Waals surface area contributed by atoms with Crippen molar-refractivity contribution in [3.05, 3.63) is 24.2 Å². The molecule has 3 rings (SSSR count). The molecule has 27 heavy (non-hydrogen) atoms. The van der Waals surface area contributed by atoms with Gasteiger partial charge in [-0.3, -0.25) is 9.89 Å². The summed E-state index contributed by atoms with van der Waals surface area (Å²) in [5.41, 5.74) is 0. The van der Waals surface area contributed by atoms with Crippen molar-refractivity contribution >= 4 is 5.96 Å². The molecule has 1 aromatic rings. The lowest BCUT2D eigenvalue weighted by molar-refractivity contribution is 0.0377. The second-order valence-corrected chi connectivity index (χ2v) is 7.91. The zero-order chi connectivity index (χ0) is 18.7. The van der Waals surface area contributed by atoms with Crippen LogP contribution < -0.4 is 10.6 Å². The molecule has 2 unspecified atom stereocenters. The van der Waals surface area contributed by atoms with Crippen molar-refractivity contribution in [3.8, 4) is 0 Å². The maximum absolute atomic E-state index is 5.43. The van der Waals surface area contributed by atoms with Crippen molar-refractivity contribution in [3.63, 3.8) is 0 Å². The Labute approximate surface area is 163 Å². The summed E-state index contributed by atoms with van der Waals surface area (Å²) in [5, 5.41) is 7.18. The summed E-state index contributed by atoms with van der Waals surface area (Å²) < 4.78 is 10.8. The molecule has 0 bridgehead atoms. The predicted molar refractivity (Wildman–Crippen MR) is 109 cm³/mol. The van der Waals surface area contributed by atoms with Crippen LogP contribution in [0.1, 0.15) is 44.8 Å². The van der Waals surface area contributed by atoms with E-state index in [0.717, 1.165) is 76.4 Å². The monoisotopic (exact) mass is 376 g/mol. The standard InChI is InChI=1S/C21H36N4O2/c1-18-5-2-6-19(17-18)24-21(23-10-8-20-7-3-14-27-20)22-9-4-11-25-12-15-26-16-13-25/h3,7,14,18-19H,2,4-6,8-13,15-17H2,1H3,(H2,22,23,24). The van der Waals surface area contributed by atoms with Crippen LogP contribution >= 0.6 is 0 Å². The van der Waals surface area contributed by atoms with E-state index in [9.17, 15) is 0 Å². The smallest absolute Gasteiger partial charge is 0.191 e. The fourth-order valence-corrected chi connectivity index (χ4v) is 3.98. The largest absolute Gasteiger partial charge is 0.469 e. The van der Waals surface area contributed by atoms with Gasteiger partial charge < -0.3 is 19.8 Å². The van der Waals surface area contributed by atoms with E-state index in [1.807, 2.05) is 12.1 Å². The van der Waals surface area contributed by atoms with E-state index in [1.54, 1.807) is 6.26 Å². The zero-order valence-corrected chi connectivity index (χ0v) is 16.8. The normalized spacial score (nSPS) is 24.7. The molecule has 2 N–H and O–H groups in total. The summed E-state index contributed by atoms with van der Waals surface area (Å²) in [6.07, 6.45) is 8.86. The Hall–Kier alpha value is -1.53. The van der Waals surface area contributed by atoms with Gasteiger partial charge in [-0.2, -0.15) is 0 Å². The molecule has 0 amide bonds. The number of hydrogen-bond donors (Lipinski definition) is 2. The number of nitrogens with one attached hydrogen (secondary N) is 2. The number of rotatable bonds is 8. The number of guanidine groups is 1. The molecule has 6 heteroatoms. The molecule has 2 heterocycles. The van der Waals surface area contributed by atoms with E-state index in [2.05, 4.69) is 22.5 Å². The van der Waals surface area contributed by atoms with Crippen LogP contribution in [0, 0.1) is 5.92 Å². The van der Waals surface area contributed by atoms with Crippen LogP contribution in [0.15, 0.2) is 27.8 Å². The third-order valence-corrected chi connectivity index (χ3v) is 5.53. The van der Waals surface area contributed by atoms with Gasteiger partial charge in [0.2, 0.25) is 0 Å². The van der Waals surface area contributed by atoms with E-state index in [4.69, 9.17) is 14.1 Å². The van der Waals surface area contributed by atoms with Gasteiger partial charge in [0, 0.05) is 45.2 Å². The van der Waals surface area contributed by atoms with Gasteiger partial charge in [0.1, 0.15) is 5.76 Å². The van der Waals surface area contributed by atoms with Gasteiger partial charge in [-0.1, -0.05) is 19.8 Å². The molecule has 1 saturated carbocycles. The first-order valence-electron chi connectivity index (χ1n) is 10.7.